The Morgan fingerprint density at radius 3 is 2.83 bits per heavy atom. The molecule has 1 aliphatic rings. The minimum Gasteiger partial charge on any atom is -0.378 e. The minimum absolute atomic E-state index is 0.0341. The van der Waals surface area contributed by atoms with Crippen LogP contribution in [0.4, 0.5) is 0 Å². The Morgan fingerprint density at radius 2 is 2.21 bits per heavy atom. The van der Waals surface area contributed by atoms with Gasteiger partial charge in [0.1, 0.15) is 12.7 Å². The van der Waals surface area contributed by atoms with Crippen LogP contribution in [0.2, 0.25) is 0 Å². The van der Waals surface area contributed by atoms with Gasteiger partial charge in [-0.2, -0.15) is 5.10 Å². The van der Waals surface area contributed by atoms with Gasteiger partial charge in [0.25, 0.3) is 0 Å². The molecule has 0 saturated carbocycles. The van der Waals surface area contributed by atoms with Crippen LogP contribution in [0.25, 0.3) is 5.69 Å². The number of carbonyl (C=O) groups is 1. The second-order valence-corrected chi connectivity index (χ2v) is 6.29. The molecule has 1 aromatic carbocycles. The van der Waals surface area contributed by atoms with Crippen molar-refractivity contribution < 1.29 is 9.53 Å². The summed E-state index contributed by atoms with van der Waals surface area (Å²) >= 11 is 0. The Morgan fingerprint density at radius 1 is 1.42 bits per heavy atom. The molecule has 0 N–H and O–H groups in total. The van der Waals surface area contributed by atoms with Crippen LogP contribution in [0, 0.1) is 0 Å². The predicted molar refractivity (Wildman–Crippen MR) is 90.8 cm³/mol. The fraction of sp³-hybridized carbons (Fsp3) is 0.500. The number of amides is 1. The zero-order valence-corrected chi connectivity index (χ0v) is 14.3. The number of hydrogen-bond acceptors (Lipinski definition) is 4. The lowest BCUT2D eigenvalue weighted by molar-refractivity contribution is -0.132. The SMILES string of the molecule is C[C@@H](c1ccc(-n2cncn2)cc1)N(C)C(=O)CC[C@H]1CCCO1. The van der Waals surface area contributed by atoms with E-state index in [1.807, 2.05) is 36.2 Å². The number of nitrogens with zero attached hydrogens (tertiary/aromatic N) is 4. The average Bonchev–Trinajstić information content (AvgIpc) is 3.32. The van der Waals surface area contributed by atoms with E-state index in [9.17, 15) is 4.79 Å². The standard InChI is InChI=1S/C18H24N4O2/c1-14(21(2)18(23)10-9-17-4-3-11-24-17)15-5-7-16(8-6-15)22-13-19-12-20-22/h5-8,12-14,17H,3-4,9-11H2,1-2H3/t14-,17+/m0/s1. The van der Waals surface area contributed by atoms with Crippen LogP contribution < -0.4 is 0 Å². The summed E-state index contributed by atoms with van der Waals surface area (Å²) in [6.07, 6.45) is 7.00. The monoisotopic (exact) mass is 328 g/mol. The van der Waals surface area contributed by atoms with Crippen molar-refractivity contribution in [3.63, 3.8) is 0 Å². The zero-order chi connectivity index (χ0) is 16.9. The number of ether oxygens (including phenoxy) is 1. The Labute approximate surface area is 142 Å². The summed E-state index contributed by atoms with van der Waals surface area (Å²) in [5.74, 6) is 0.165. The van der Waals surface area contributed by atoms with E-state index in [2.05, 4.69) is 17.0 Å². The highest BCUT2D eigenvalue weighted by Gasteiger charge is 2.21. The van der Waals surface area contributed by atoms with Gasteiger partial charge in [0.2, 0.25) is 5.91 Å². The third-order valence-electron chi connectivity index (χ3n) is 4.74. The first-order chi connectivity index (χ1) is 11.6. The lowest BCUT2D eigenvalue weighted by Crippen LogP contribution is -2.30. The van der Waals surface area contributed by atoms with Gasteiger partial charge < -0.3 is 9.64 Å². The summed E-state index contributed by atoms with van der Waals surface area (Å²) in [4.78, 5) is 18.2. The van der Waals surface area contributed by atoms with Gasteiger partial charge in [-0.1, -0.05) is 12.1 Å². The van der Waals surface area contributed by atoms with E-state index in [4.69, 9.17) is 4.74 Å². The van der Waals surface area contributed by atoms with Crippen LogP contribution in [0.5, 0.6) is 0 Å². The molecule has 0 radical (unpaired) electrons. The molecule has 1 aromatic heterocycles. The van der Waals surface area contributed by atoms with Gasteiger partial charge in [-0.05, 0) is 43.9 Å². The molecular weight excluding hydrogens is 304 g/mol. The largest absolute Gasteiger partial charge is 0.378 e. The quantitative estimate of drug-likeness (QED) is 0.818. The predicted octanol–water partition coefficient (Wildman–Crippen LogP) is 2.75. The molecule has 1 saturated heterocycles. The highest BCUT2D eigenvalue weighted by Crippen LogP contribution is 2.22. The summed E-state index contributed by atoms with van der Waals surface area (Å²) in [5, 5.41) is 4.12. The summed E-state index contributed by atoms with van der Waals surface area (Å²) in [7, 11) is 1.87. The van der Waals surface area contributed by atoms with E-state index in [0.717, 1.165) is 37.1 Å². The molecule has 3 rings (SSSR count). The van der Waals surface area contributed by atoms with Gasteiger partial charge >= 0.3 is 0 Å². The molecule has 6 heteroatoms. The van der Waals surface area contributed by atoms with Crippen LogP contribution >= 0.6 is 0 Å². The molecule has 1 aliphatic heterocycles. The van der Waals surface area contributed by atoms with Gasteiger partial charge in [-0.3, -0.25) is 4.79 Å². The average molecular weight is 328 g/mol. The van der Waals surface area contributed by atoms with Gasteiger partial charge in [0.15, 0.2) is 0 Å². The Hall–Kier alpha value is -2.21. The lowest BCUT2D eigenvalue weighted by Gasteiger charge is -2.26. The first-order valence-electron chi connectivity index (χ1n) is 8.47. The third-order valence-corrected chi connectivity index (χ3v) is 4.74. The van der Waals surface area contributed by atoms with Crippen molar-refractivity contribution in [1.29, 1.82) is 0 Å². The summed E-state index contributed by atoms with van der Waals surface area (Å²) in [6.45, 7) is 2.89. The molecule has 128 valence electrons. The van der Waals surface area contributed by atoms with Crippen molar-refractivity contribution in [3.8, 4) is 5.69 Å². The molecule has 24 heavy (non-hydrogen) atoms. The molecular formula is C18H24N4O2. The number of rotatable bonds is 6. The number of carbonyl (C=O) groups excluding carboxylic acids is 1. The molecule has 0 spiro atoms. The first kappa shape index (κ1) is 16.6. The lowest BCUT2D eigenvalue weighted by atomic mass is 10.1. The molecule has 0 bridgehead atoms. The molecule has 1 amide bonds. The van der Waals surface area contributed by atoms with Crippen molar-refractivity contribution in [1.82, 2.24) is 19.7 Å². The fourth-order valence-electron chi connectivity index (χ4n) is 3.02. The second-order valence-electron chi connectivity index (χ2n) is 6.29. The summed E-state index contributed by atoms with van der Waals surface area (Å²) in [6, 6.07) is 8.08. The highest BCUT2D eigenvalue weighted by molar-refractivity contribution is 5.76. The van der Waals surface area contributed by atoms with Crippen LogP contribution in [-0.4, -0.2) is 45.3 Å². The van der Waals surface area contributed by atoms with E-state index < -0.39 is 0 Å². The summed E-state index contributed by atoms with van der Waals surface area (Å²) in [5.41, 5.74) is 2.06. The Kier molecular flexibility index (Phi) is 5.25. The molecule has 2 heterocycles. The minimum atomic E-state index is 0.0341. The zero-order valence-electron chi connectivity index (χ0n) is 14.3. The van der Waals surface area contributed by atoms with Crippen molar-refractivity contribution in [2.75, 3.05) is 13.7 Å². The van der Waals surface area contributed by atoms with Crippen molar-refractivity contribution in [2.24, 2.45) is 0 Å². The highest BCUT2D eigenvalue weighted by atomic mass is 16.5. The molecule has 0 aliphatic carbocycles. The number of aromatic nitrogens is 3. The van der Waals surface area contributed by atoms with Crippen LogP contribution in [0.3, 0.4) is 0 Å². The maximum absolute atomic E-state index is 12.4. The van der Waals surface area contributed by atoms with Crippen molar-refractivity contribution >= 4 is 5.91 Å². The van der Waals surface area contributed by atoms with Gasteiger partial charge in [0, 0.05) is 20.1 Å². The Bertz CT molecular complexity index is 648. The van der Waals surface area contributed by atoms with Gasteiger partial charge in [-0.25, -0.2) is 9.67 Å². The molecule has 2 atom stereocenters. The van der Waals surface area contributed by atoms with Crippen LogP contribution in [-0.2, 0) is 9.53 Å². The van der Waals surface area contributed by atoms with E-state index in [-0.39, 0.29) is 18.1 Å². The third kappa shape index (κ3) is 3.82. The Balaban J connectivity index is 1.57. The maximum Gasteiger partial charge on any atom is 0.222 e. The number of benzene rings is 1. The molecule has 6 nitrogen and oxygen atoms in total. The van der Waals surface area contributed by atoms with Gasteiger partial charge in [-0.15, -0.1) is 0 Å². The van der Waals surface area contributed by atoms with E-state index in [1.165, 1.54) is 6.33 Å². The fourth-order valence-corrected chi connectivity index (χ4v) is 3.02. The van der Waals surface area contributed by atoms with Crippen LogP contribution in [0.15, 0.2) is 36.9 Å². The topological polar surface area (TPSA) is 60.2 Å². The summed E-state index contributed by atoms with van der Waals surface area (Å²) < 4.78 is 7.31. The number of hydrogen-bond donors (Lipinski definition) is 0. The van der Waals surface area contributed by atoms with Gasteiger partial charge in [0.05, 0.1) is 17.8 Å². The molecule has 2 aromatic rings. The van der Waals surface area contributed by atoms with Crippen molar-refractivity contribution in [2.45, 2.75) is 44.8 Å². The normalized spacial score (nSPS) is 18.5. The first-order valence-corrected chi connectivity index (χ1v) is 8.47. The molecule has 0 unspecified atom stereocenters. The smallest absolute Gasteiger partial charge is 0.222 e. The van der Waals surface area contributed by atoms with Crippen molar-refractivity contribution in [3.05, 3.63) is 42.5 Å². The van der Waals surface area contributed by atoms with E-state index in [1.54, 1.807) is 11.0 Å². The maximum atomic E-state index is 12.4. The van der Waals surface area contributed by atoms with Crippen LogP contribution in [0.1, 0.15) is 44.2 Å². The second kappa shape index (κ2) is 7.57. The van der Waals surface area contributed by atoms with E-state index >= 15 is 0 Å². The molecule has 1 fully saturated rings. The van der Waals surface area contributed by atoms with E-state index in [0.29, 0.717) is 6.42 Å².